The molecule has 4 aromatic heterocycles. The van der Waals surface area contributed by atoms with Crippen molar-refractivity contribution in [2.45, 2.75) is 0 Å². The Hall–Kier alpha value is -6.37. The van der Waals surface area contributed by atoms with Gasteiger partial charge in [0.1, 0.15) is 17.2 Å². The molecule has 9 aromatic rings. The highest BCUT2D eigenvalue weighted by Gasteiger charge is 2.20. The summed E-state index contributed by atoms with van der Waals surface area (Å²) in [6, 6.07) is 40.5. The van der Waals surface area contributed by atoms with Crippen molar-refractivity contribution in [1.82, 2.24) is 14.1 Å². The number of nitrogens with zero attached hydrogens (tertiary/aromatic N) is 5. The minimum Gasteiger partial charge on any atom is -0.454 e. The van der Waals surface area contributed by atoms with Gasteiger partial charge in [0, 0.05) is 32.3 Å². The highest BCUT2D eigenvalue weighted by Crippen LogP contribution is 2.41. The number of hydrogen-bond acceptors (Lipinski definition) is 3. The zero-order valence-electron chi connectivity index (χ0n) is 22.6. The summed E-state index contributed by atoms with van der Waals surface area (Å²) >= 11 is 0. The van der Waals surface area contributed by atoms with Crippen molar-refractivity contribution in [1.29, 1.82) is 5.26 Å². The van der Waals surface area contributed by atoms with Crippen LogP contribution in [-0.2, 0) is 0 Å². The van der Waals surface area contributed by atoms with Crippen LogP contribution in [0.4, 0.5) is 5.69 Å². The Morgan fingerprint density at radius 1 is 0.628 bits per heavy atom. The molecule has 0 unspecified atom stereocenters. The molecule has 43 heavy (non-hydrogen) atoms. The SMILES string of the molecule is [C-]#[N+]c1ccc2oc3c(ccc4c5ccccc5n(-c5cccc(-n6c7ccccc7c7cc(C#N)ccc76)n5)c43)c2c1. The van der Waals surface area contributed by atoms with Gasteiger partial charge in [-0.25, -0.2) is 9.83 Å². The summed E-state index contributed by atoms with van der Waals surface area (Å²) < 4.78 is 10.8. The Morgan fingerprint density at radius 3 is 2.12 bits per heavy atom. The number of rotatable bonds is 2. The standard InChI is InChI=1S/C37H19N5O/c1-39-23-14-18-33-29(20-23)27-16-15-26-24-7-2-5-10-31(24)42(36(26)37(27)43-33)35-12-6-11-34(40-35)41-30-9-4-3-8-25(30)28-19-22(21-38)13-17-32(28)41/h2-20H. The minimum absolute atomic E-state index is 0.582. The van der Waals surface area contributed by atoms with E-state index in [1.165, 1.54) is 0 Å². The molecule has 0 radical (unpaired) electrons. The maximum Gasteiger partial charge on any atom is 0.188 e. The van der Waals surface area contributed by atoms with Gasteiger partial charge < -0.3 is 4.42 Å². The number of nitriles is 1. The van der Waals surface area contributed by atoms with Gasteiger partial charge in [-0.1, -0.05) is 54.6 Å². The van der Waals surface area contributed by atoms with E-state index in [-0.39, 0.29) is 0 Å². The van der Waals surface area contributed by atoms with E-state index in [2.05, 4.69) is 62.5 Å². The highest BCUT2D eigenvalue weighted by molar-refractivity contribution is 6.21. The lowest BCUT2D eigenvalue weighted by Gasteiger charge is -2.11. The van der Waals surface area contributed by atoms with Crippen LogP contribution in [0.25, 0.3) is 82.0 Å². The number of furan rings is 1. The number of benzene rings is 5. The van der Waals surface area contributed by atoms with E-state index in [4.69, 9.17) is 16.0 Å². The molecule has 0 amide bonds. The minimum atomic E-state index is 0.582. The Balaban J connectivity index is 1.37. The first kappa shape index (κ1) is 23.3. The molecule has 0 aliphatic carbocycles. The van der Waals surface area contributed by atoms with Gasteiger partial charge in [0.25, 0.3) is 0 Å². The van der Waals surface area contributed by atoms with Crippen molar-refractivity contribution in [3.63, 3.8) is 0 Å². The Kier molecular flexibility index (Phi) is 4.65. The molecule has 0 saturated carbocycles. The number of para-hydroxylation sites is 2. The van der Waals surface area contributed by atoms with Crippen LogP contribution >= 0.6 is 0 Å². The Morgan fingerprint density at radius 2 is 1.33 bits per heavy atom. The zero-order valence-corrected chi connectivity index (χ0v) is 22.6. The average molecular weight is 550 g/mol. The van der Waals surface area contributed by atoms with Crippen LogP contribution in [0.1, 0.15) is 5.56 Å². The maximum atomic E-state index is 9.56. The number of fused-ring (bicyclic) bond motifs is 10. The maximum absolute atomic E-state index is 9.56. The fourth-order valence-electron chi connectivity index (χ4n) is 6.53. The van der Waals surface area contributed by atoms with Crippen LogP contribution < -0.4 is 0 Å². The lowest BCUT2D eigenvalue weighted by molar-refractivity contribution is 0.671. The molecule has 0 fully saturated rings. The van der Waals surface area contributed by atoms with Gasteiger partial charge >= 0.3 is 0 Å². The van der Waals surface area contributed by atoms with Gasteiger partial charge in [-0.3, -0.25) is 9.13 Å². The first-order valence-electron chi connectivity index (χ1n) is 13.9. The quantitative estimate of drug-likeness (QED) is 0.202. The normalized spacial score (nSPS) is 11.7. The Bertz CT molecular complexity index is 2710. The van der Waals surface area contributed by atoms with Crippen LogP contribution in [0.2, 0.25) is 0 Å². The molecule has 198 valence electrons. The van der Waals surface area contributed by atoms with Crippen molar-refractivity contribution in [2.75, 3.05) is 0 Å². The second-order valence-corrected chi connectivity index (χ2v) is 10.6. The van der Waals surface area contributed by atoms with Crippen molar-refractivity contribution in [3.05, 3.63) is 132 Å². The topological polar surface area (TPSA) is 64.0 Å². The number of aromatic nitrogens is 3. The predicted molar refractivity (Wildman–Crippen MR) is 171 cm³/mol. The van der Waals surface area contributed by atoms with E-state index in [0.29, 0.717) is 11.3 Å². The van der Waals surface area contributed by atoms with Crippen LogP contribution in [0.5, 0.6) is 0 Å². The number of hydrogen-bond donors (Lipinski definition) is 0. The summed E-state index contributed by atoms with van der Waals surface area (Å²) in [5, 5.41) is 15.7. The molecule has 0 spiro atoms. The van der Waals surface area contributed by atoms with E-state index in [1.807, 2.05) is 66.7 Å². The summed E-state index contributed by atoms with van der Waals surface area (Å²) in [6.07, 6.45) is 0. The average Bonchev–Trinajstić information content (AvgIpc) is 3.71. The van der Waals surface area contributed by atoms with E-state index in [1.54, 1.807) is 6.07 Å². The second-order valence-electron chi connectivity index (χ2n) is 10.6. The van der Waals surface area contributed by atoms with Crippen LogP contribution in [0.3, 0.4) is 0 Å². The Labute approximate surface area is 244 Å². The predicted octanol–water partition coefficient (Wildman–Crippen LogP) is 9.60. The number of pyridine rings is 1. The van der Waals surface area contributed by atoms with Gasteiger partial charge in [0.2, 0.25) is 0 Å². The largest absolute Gasteiger partial charge is 0.454 e. The summed E-state index contributed by atoms with van der Waals surface area (Å²) in [5.74, 6) is 1.54. The smallest absolute Gasteiger partial charge is 0.188 e. The summed E-state index contributed by atoms with van der Waals surface area (Å²) in [7, 11) is 0. The lowest BCUT2D eigenvalue weighted by atomic mass is 10.1. The molecule has 0 aliphatic heterocycles. The van der Waals surface area contributed by atoms with E-state index < -0.39 is 0 Å². The molecule has 5 aromatic carbocycles. The second kappa shape index (κ2) is 8.57. The third kappa shape index (κ3) is 3.18. The van der Waals surface area contributed by atoms with Crippen LogP contribution in [0.15, 0.2) is 120 Å². The van der Waals surface area contributed by atoms with Crippen molar-refractivity contribution >= 4 is 71.2 Å². The molecular formula is C37H19N5O. The van der Waals surface area contributed by atoms with Gasteiger partial charge in [0.05, 0.1) is 40.3 Å². The summed E-state index contributed by atoms with van der Waals surface area (Å²) in [4.78, 5) is 8.90. The molecular weight excluding hydrogens is 530 g/mol. The van der Waals surface area contributed by atoms with E-state index in [9.17, 15) is 5.26 Å². The monoisotopic (exact) mass is 549 g/mol. The molecule has 0 bridgehead atoms. The van der Waals surface area contributed by atoms with E-state index in [0.717, 1.165) is 77.2 Å². The van der Waals surface area contributed by atoms with Gasteiger partial charge in [-0.2, -0.15) is 5.26 Å². The fraction of sp³-hybridized carbons (Fsp3) is 0. The molecule has 6 heteroatoms. The molecule has 0 aliphatic rings. The van der Waals surface area contributed by atoms with Gasteiger partial charge in [0.15, 0.2) is 11.3 Å². The molecule has 0 atom stereocenters. The molecule has 4 heterocycles. The van der Waals surface area contributed by atoms with Gasteiger partial charge in [-0.05, 0) is 60.7 Å². The lowest BCUT2D eigenvalue weighted by Crippen LogP contribution is -2.03. The molecule has 6 nitrogen and oxygen atoms in total. The fourth-order valence-corrected chi connectivity index (χ4v) is 6.53. The van der Waals surface area contributed by atoms with Crippen LogP contribution in [-0.4, -0.2) is 14.1 Å². The zero-order chi connectivity index (χ0) is 28.7. The molecule has 9 rings (SSSR count). The molecule has 0 saturated heterocycles. The third-order valence-electron chi connectivity index (χ3n) is 8.36. The molecule has 0 N–H and O–H groups in total. The van der Waals surface area contributed by atoms with Crippen molar-refractivity contribution in [3.8, 4) is 17.7 Å². The summed E-state index contributed by atoms with van der Waals surface area (Å²) in [6.45, 7) is 7.50. The highest BCUT2D eigenvalue weighted by atomic mass is 16.3. The first-order chi connectivity index (χ1) is 21.2. The first-order valence-corrected chi connectivity index (χ1v) is 13.9. The van der Waals surface area contributed by atoms with Crippen LogP contribution in [0, 0.1) is 17.9 Å². The van der Waals surface area contributed by atoms with Crippen molar-refractivity contribution in [2.24, 2.45) is 0 Å². The summed E-state index contributed by atoms with van der Waals surface area (Å²) in [5.41, 5.74) is 6.69. The van der Waals surface area contributed by atoms with E-state index >= 15 is 0 Å². The third-order valence-corrected chi connectivity index (χ3v) is 8.36. The van der Waals surface area contributed by atoms with Gasteiger partial charge in [-0.15, -0.1) is 0 Å². The van der Waals surface area contributed by atoms with Crippen molar-refractivity contribution < 1.29 is 4.42 Å².